The second-order valence-electron chi connectivity index (χ2n) is 5.22. The largest absolute Gasteiger partial charge is 0.351 e. The summed E-state index contributed by atoms with van der Waals surface area (Å²) in [5.41, 5.74) is 1.43. The van der Waals surface area contributed by atoms with Crippen LogP contribution in [0.2, 0.25) is 0 Å². The van der Waals surface area contributed by atoms with Gasteiger partial charge in [0.05, 0.1) is 5.69 Å². The number of aromatic nitrogens is 2. The predicted molar refractivity (Wildman–Crippen MR) is 85.0 cm³/mol. The van der Waals surface area contributed by atoms with Crippen molar-refractivity contribution in [2.24, 2.45) is 0 Å². The number of amides is 2. The van der Waals surface area contributed by atoms with E-state index >= 15 is 0 Å². The van der Waals surface area contributed by atoms with Crippen molar-refractivity contribution in [3.8, 4) is 0 Å². The molecule has 1 atom stereocenters. The summed E-state index contributed by atoms with van der Waals surface area (Å²) >= 11 is 0. The van der Waals surface area contributed by atoms with Crippen LogP contribution in [0.25, 0.3) is 0 Å². The van der Waals surface area contributed by atoms with Gasteiger partial charge in [-0.2, -0.15) is 0 Å². The Labute approximate surface area is 134 Å². The predicted octanol–water partition coefficient (Wildman–Crippen LogP) is 2.34. The van der Waals surface area contributed by atoms with Crippen molar-refractivity contribution in [3.63, 3.8) is 0 Å². The molecule has 7 nitrogen and oxygen atoms in total. The van der Waals surface area contributed by atoms with Gasteiger partial charge in [-0.3, -0.25) is 14.6 Å². The van der Waals surface area contributed by atoms with E-state index in [1.165, 1.54) is 0 Å². The minimum atomic E-state index is -0.372. The molecule has 2 aromatic rings. The second kappa shape index (κ2) is 8.07. The monoisotopic (exact) mass is 316 g/mol. The Bertz CT molecular complexity index is 654. The first-order valence-electron chi connectivity index (χ1n) is 7.54. The van der Waals surface area contributed by atoms with Gasteiger partial charge in [0.1, 0.15) is 0 Å². The van der Waals surface area contributed by atoms with Crippen molar-refractivity contribution >= 4 is 17.5 Å². The molecule has 0 aliphatic heterocycles. The van der Waals surface area contributed by atoms with Gasteiger partial charge >= 0.3 is 0 Å². The fourth-order valence-corrected chi connectivity index (χ4v) is 1.87. The first-order chi connectivity index (χ1) is 11.1. The molecule has 0 saturated heterocycles. The van der Waals surface area contributed by atoms with E-state index in [4.69, 9.17) is 4.52 Å². The zero-order valence-electron chi connectivity index (χ0n) is 13.2. The van der Waals surface area contributed by atoms with Crippen LogP contribution >= 0.6 is 0 Å². The molecule has 7 heteroatoms. The summed E-state index contributed by atoms with van der Waals surface area (Å²) in [6.07, 6.45) is 4.27. The zero-order valence-corrected chi connectivity index (χ0v) is 13.2. The smallest absolute Gasteiger partial charge is 0.289 e. The molecule has 2 amide bonds. The third kappa shape index (κ3) is 4.91. The van der Waals surface area contributed by atoms with Gasteiger partial charge in [0, 0.05) is 43.0 Å². The number of carbonyl (C=O) groups excluding carboxylic acids is 2. The molecule has 0 saturated carbocycles. The fourth-order valence-electron chi connectivity index (χ4n) is 1.87. The lowest BCUT2D eigenvalue weighted by atomic mass is 10.1. The zero-order chi connectivity index (χ0) is 16.7. The number of anilines is 1. The molecule has 23 heavy (non-hydrogen) atoms. The molecule has 122 valence electrons. The normalized spacial score (nSPS) is 11.7. The number of hydrogen-bond acceptors (Lipinski definition) is 5. The average molecular weight is 316 g/mol. The molecule has 2 rings (SSSR count). The van der Waals surface area contributed by atoms with E-state index < -0.39 is 0 Å². The maximum absolute atomic E-state index is 11.9. The van der Waals surface area contributed by atoms with Crippen LogP contribution in [0.5, 0.6) is 0 Å². The quantitative estimate of drug-likeness (QED) is 0.817. The van der Waals surface area contributed by atoms with Crippen LogP contribution in [0, 0.1) is 0 Å². The molecule has 2 N–H and O–H groups in total. The van der Waals surface area contributed by atoms with Crippen molar-refractivity contribution in [2.45, 2.75) is 32.6 Å². The van der Waals surface area contributed by atoms with Gasteiger partial charge in [-0.15, -0.1) is 0 Å². The van der Waals surface area contributed by atoms with E-state index in [9.17, 15) is 9.59 Å². The van der Waals surface area contributed by atoms with E-state index in [1.807, 2.05) is 13.8 Å². The minimum absolute atomic E-state index is 0.162. The maximum atomic E-state index is 11.9. The molecular formula is C16H20N4O3. The Balaban J connectivity index is 1.76. The van der Waals surface area contributed by atoms with Crippen molar-refractivity contribution in [3.05, 3.63) is 42.0 Å². The Hall–Kier alpha value is -2.70. The summed E-state index contributed by atoms with van der Waals surface area (Å²) in [7, 11) is 0. The number of nitrogens with one attached hydrogen (secondary N) is 2. The van der Waals surface area contributed by atoms with Crippen LogP contribution in [0.15, 0.2) is 35.1 Å². The van der Waals surface area contributed by atoms with E-state index in [1.54, 1.807) is 30.6 Å². The minimum Gasteiger partial charge on any atom is -0.351 e. The van der Waals surface area contributed by atoms with Crippen LogP contribution in [-0.2, 0) is 4.79 Å². The van der Waals surface area contributed by atoms with Gasteiger partial charge in [0.2, 0.25) is 11.7 Å². The second-order valence-corrected chi connectivity index (χ2v) is 5.22. The molecule has 0 aliphatic rings. The number of carbonyl (C=O) groups is 2. The van der Waals surface area contributed by atoms with E-state index in [0.29, 0.717) is 5.69 Å². The number of pyridine rings is 1. The van der Waals surface area contributed by atoms with E-state index in [2.05, 4.69) is 20.8 Å². The van der Waals surface area contributed by atoms with Gasteiger partial charge in [-0.1, -0.05) is 19.0 Å². The van der Waals surface area contributed by atoms with Crippen molar-refractivity contribution in [1.29, 1.82) is 0 Å². The van der Waals surface area contributed by atoms with Crippen LogP contribution in [0.3, 0.4) is 0 Å². The van der Waals surface area contributed by atoms with E-state index in [0.717, 1.165) is 12.1 Å². The van der Waals surface area contributed by atoms with Gasteiger partial charge < -0.3 is 15.2 Å². The molecular weight excluding hydrogens is 296 g/mol. The Morgan fingerprint density at radius 1 is 1.30 bits per heavy atom. The highest BCUT2D eigenvalue weighted by atomic mass is 16.5. The van der Waals surface area contributed by atoms with Gasteiger partial charge in [0.15, 0.2) is 0 Å². The molecule has 2 aromatic heterocycles. The molecule has 0 aromatic carbocycles. The maximum Gasteiger partial charge on any atom is 0.289 e. The lowest BCUT2D eigenvalue weighted by Gasteiger charge is -2.05. The fraction of sp³-hybridized carbons (Fsp3) is 0.375. The summed E-state index contributed by atoms with van der Waals surface area (Å²) in [4.78, 5) is 27.5. The molecule has 0 aliphatic carbocycles. The number of hydrogen-bond donors (Lipinski definition) is 2. The summed E-state index contributed by atoms with van der Waals surface area (Å²) in [5.74, 6) is -0.153. The molecule has 0 fully saturated rings. The third-order valence-electron chi connectivity index (χ3n) is 3.47. The number of rotatable bonds is 7. The first kappa shape index (κ1) is 16.7. The van der Waals surface area contributed by atoms with Gasteiger partial charge in [-0.05, 0) is 18.6 Å². The Morgan fingerprint density at radius 3 is 2.74 bits per heavy atom. The summed E-state index contributed by atoms with van der Waals surface area (Å²) in [5, 5.41) is 9.24. The van der Waals surface area contributed by atoms with Crippen molar-refractivity contribution in [1.82, 2.24) is 15.5 Å². The number of nitrogens with zero attached hydrogens (tertiary/aromatic N) is 2. The third-order valence-corrected chi connectivity index (χ3v) is 3.47. The van der Waals surface area contributed by atoms with Crippen LogP contribution < -0.4 is 10.6 Å². The Morgan fingerprint density at radius 2 is 2.04 bits per heavy atom. The molecule has 0 spiro atoms. The topological polar surface area (TPSA) is 97.1 Å². The SMILES string of the molecule is CC[C@@H](C)c1cc(C(=O)NCCC(=O)Nc2ccncc2)on1. The summed E-state index contributed by atoms with van der Waals surface area (Å²) in [6.45, 7) is 4.28. The van der Waals surface area contributed by atoms with Gasteiger partial charge in [-0.25, -0.2) is 0 Å². The van der Waals surface area contributed by atoms with Crippen molar-refractivity contribution < 1.29 is 14.1 Å². The highest BCUT2D eigenvalue weighted by Crippen LogP contribution is 2.17. The summed E-state index contributed by atoms with van der Waals surface area (Å²) < 4.78 is 5.03. The van der Waals surface area contributed by atoms with Crippen LogP contribution in [-0.4, -0.2) is 28.5 Å². The Kier molecular flexibility index (Phi) is 5.85. The molecule has 2 heterocycles. The van der Waals surface area contributed by atoms with Crippen LogP contribution in [0.1, 0.15) is 48.9 Å². The molecule has 0 radical (unpaired) electrons. The first-order valence-corrected chi connectivity index (χ1v) is 7.54. The van der Waals surface area contributed by atoms with E-state index in [-0.39, 0.29) is 36.5 Å². The van der Waals surface area contributed by atoms with Crippen molar-refractivity contribution in [2.75, 3.05) is 11.9 Å². The molecule has 0 unspecified atom stereocenters. The average Bonchev–Trinajstić information content (AvgIpc) is 3.05. The lowest BCUT2D eigenvalue weighted by Crippen LogP contribution is -2.27. The van der Waals surface area contributed by atoms with Gasteiger partial charge in [0.25, 0.3) is 5.91 Å². The lowest BCUT2D eigenvalue weighted by molar-refractivity contribution is -0.116. The van der Waals surface area contributed by atoms with Crippen LogP contribution in [0.4, 0.5) is 5.69 Å². The standard InChI is InChI=1S/C16H20N4O3/c1-3-11(2)13-10-14(23-20-13)16(22)18-9-6-15(21)19-12-4-7-17-8-5-12/h4-5,7-8,10-11H,3,6,9H2,1-2H3,(H,18,22)(H,17,19,21)/t11-/m1/s1. The highest BCUT2D eigenvalue weighted by molar-refractivity contribution is 5.93. The highest BCUT2D eigenvalue weighted by Gasteiger charge is 2.15. The summed E-state index contributed by atoms with van der Waals surface area (Å²) in [6, 6.07) is 5.03. The molecule has 0 bridgehead atoms.